The van der Waals surface area contributed by atoms with Gasteiger partial charge in [-0.05, 0) is 24.8 Å². The van der Waals surface area contributed by atoms with Gasteiger partial charge in [0.15, 0.2) is 0 Å². The van der Waals surface area contributed by atoms with Crippen molar-refractivity contribution in [2.24, 2.45) is 0 Å². The van der Waals surface area contributed by atoms with E-state index in [1.54, 1.807) is 11.3 Å². The molecule has 2 aromatic rings. The number of likely N-dealkylation sites (N-methyl/N-ethyl adjacent to an activating group) is 1. The third-order valence-corrected chi connectivity index (χ3v) is 4.30. The Balaban J connectivity index is 2.04. The van der Waals surface area contributed by atoms with Crippen molar-refractivity contribution in [1.82, 2.24) is 9.97 Å². The molecular formula is C12H16N4OS. The van der Waals surface area contributed by atoms with Crippen molar-refractivity contribution in [2.75, 3.05) is 24.3 Å². The van der Waals surface area contributed by atoms with E-state index in [4.69, 9.17) is 10.5 Å². The summed E-state index contributed by atoms with van der Waals surface area (Å²) >= 11 is 1.59. The number of anilines is 2. The molecule has 0 saturated carbocycles. The first kappa shape index (κ1) is 11.7. The van der Waals surface area contributed by atoms with E-state index in [0.717, 1.165) is 29.1 Å². The zero-order valence-electron chi connectivity index (χ0n) is 10.5. The summed E-state index contributed by atoms with van der Waals surface area (Å²) in [6, 6.07) is 2.40. The van der Waals surface area contributed by atoms with Gasteiger partial charge in [0.25, 0.3) is 0 Å². The van der Waals surface area contributed by atoms with Gasteiger partial charge in [0, 0.05) is 13.7 Å². The van der Waals surface area contributed by atoms with Crippen LogP contribution in [0.4, 0.5) is 11.8 Å². The summed E-state index contributed by atoms with van der Waals surface area (Å²) in [6.45, 7) is 2.91. The molecule has 96 valence electrons. The molecule has 2 atom stereocenters. The molecule has 3 heterocycles. The van der Waals surface area contributed by atoms with Crippen LogP contribution in [0.1, 0.15) is 13.3 Å². The fourth-order valence-corrected chi connectivity index (χ4v) is 3.28. The monoisotopic (exact) mass is 264 g/mol. The summed E-state index contributed by atoms with van der Waals surface area (Å²) in [6.07, 6.45) is 1.24. The normalized spacial score (nSPS) is 23.7. The Morgan fingerprint density at radius 3 is 3.06 bits per heavy atom. The lowest BCUT2D eigenvalue weighted by atomic mass is 10.1. The van der Waals surface area contributed by atoms with Crippen LogP contribution in [0.15, 0.2) is 11.4 Å². The highest BCUT2D eigenvalue weighted by molar-refractivity contribution is 7.16. The van der Waals surface area contributed by atoms with Crippen molar-refractivity contribution in [3.05, 3.63) is 11.4 Å². The Bertz CT molecular complexity index is 570. The second-order valence-corrected chi connectivity index (χ2v) is 5.48. The number of fused-ring (bicyclic) bond motifs is 1. The summed E-state index contributed by atoms with van der Waals surface area (Å²) < 4.78 is 5.62. The maximum Gasteiger partial charge on any atom is 0.223 e. The Morgan fingerprint density at radius 1 is 1.50 bits per heavy atom. The lowest BCUT2D eigenvalue weighted by Gasteiger charge is -2.28. The second kappa shape index (κ2) is 4.37. The summed E-state index contributed by atoms with van der Waals surface area (Å²) in [4.78, 5) is 11.8. The smallest absolute Gasteiger partial charge is 0.223 e. The zero-order valence-corrected chi connectivity index (χ0v) is 11.3. The lowest BCUT2D eigenvalue weighted by Crippen LogP contribution is -2.37. The molecule has 0 spiro atoms. The predicted molar refractivity (Wildman–Crippen MR) is 74.0 cm³/mol. The number of nitrogens with zero attached hydrogens (tertiary/aromatic N) is 3. The Hall–Kier alpha value is -1.40. The Morgan fingerprint density at radius 2 is 2.33 bits per heavy atom. The molecule has 0 aliphatic carbocycles. The first-order valence-electron chi connectivity index (χ1n) is 6.02. The fourth-order valence-electron chi connectivity index (χ4n) is 2.51. The lowest BCUT2D eigenvalue weighted by molar-refractivity contribution is 0.118. The largest absolute Gasteiger partial charge is 0.376 e. The molecule has 1 aliphatic heterocycles. The number of hydrogen-bond donors (Lipinski definition) is 1. The van der Waals surface area contributed by atoms with Gasteiger partial charge in [0.1, 0.15) is 10.6 Å². The molecule has 5 nitrogen and oxygen atoms in total. The van der Waals surface area contributed by atoms with Crippen molar-refractivity contribution in [1.29, 1.82) is 0 Å². The first-order valence-corrected chi connectivity index (χ1v) is 6.90. The first-order chi connectivity index (χ1) is 8.66. The summed E-state index contributed by atoms with van der Waals surface area (Å²) in [5.41, 5.74) is 5.78. The number of hydrogen-bond acceptors (Lipinski definition) is 6. The molecule has 0 bridgehead atoms. The summed E-state index contributed by atoms with van der Waals surface area (Å²) in [7, 11) is 2.05. The van der Waals surface area contributed by atoms with Crippen LogP contribution in [0, 0.1) is 0 Å². The van der Waals surface area contributed by atoms with Gasteiger partial charge in [0.05, 0.1) is 17.5 Å². The molecule has 18 heavy (non-hydrogen) atoms. The number of ether oxygens (including phenoxy) is 1. The predicted octanol–water partition coefficient (Wildman–Crippen LogP) is 1.89. The van der Waals surface area contributed by atoms with Gasteiger partial charge in [0.2, 0.25) is 5.95 Å². The molecule has 1 aliphatic rings. The number of nitrogen functional groups attached to an aromatic ring is 1. The molecule has 3 rings (SSSR count). The van der Waals surface area contributed by atoms with Crippen molar-refractivity contribution >= 4 is 33.3 Å². The van der Waals surface area contributed by atoms with Gasteiger partial charge in [-0.3, -0.25) is 0 Å². The standard InChI is InChI=1S/C12H16N4OS/c1-7-9(3-5-17-7)16(2)10-8-4-6-18-11(8)15-12(13)14-10/h4,6-7,9H,3,5H2,1-2H3,(H2,13,14,15). The summed E-state index contributed by atoms with van der Waals surface area (Å²) in [5.74, 6) is 1.24. The maximum atomic E-state index is 5.78. The molecule has 6 heteroatoms. The molecule has 1 fully saturated rings. The van der Waals surface area contributed by atoms with E-state index in [1.165, 1.54) is 0 Å². The van der Waals surface area contributed by atoms with Crippen LogP contribution in [0.5, 0.6) is 0 Å². The van der Waals surface area contributed by atoms with E-state index in [1.807, 2.05) is 11.4 Å². The SMILES string of the molecule is CC1OCCC1N(C)c1nc(N)nc2sccc12. The maximum absolute atomic E-state index is 5.78. The van der Waals surface area contributed by atoms with E-state index in [-0.39, 0.29) is 6.10 Å². The second-order valence-electron chi connectivity index (χ2n) is 4.59. The van der Waals surface area contributed by atoms with Crippen molar-refractivity contribution < 1.29 is 4.74 Å². The molecule has 0 amide bonds. The van der Waals surface area contributed by atoms with Gasteiger partial charge < -0.3 is 15.4 Å². The quantitative estimate of drug-likeness (QED) is 0.897. The molecule has 2 N–H and O–H groups in total. The Labute approximate surface area is 110 Å². The number of aromatic nitrogens is 2. The van der Waals surface area contributed by atoms with Gasteiger partial charge in [-0.2, -0.15) is 4.98 Å². The third kappa shape index (κ3) is 1.81. The van der Waals surface area contributed by atoms with E-state index in [0.29, 0.717) is 12.0 Å². The topological polar surface area (TPSA) is 64.3 Å². The molecule has 0 radical (unpaired) electrons. The summed E-state index contributed by atoms with van der Waals surface area (Å²) in [5, 5.41) is 3.08. The minimum absolute atomic E-state index is 0.222. The minimum Gasteiger partial charge on any atom is -0.376 e. The van der Waals surface area contributed by atoms with Crippen LogP contribution in [-0.2, 0) is 4.74 Å². The Kier molecular flexibility index (Phi) is 2.83. The zero-order chi connectivity index (χ0) is 12.7. The highest BCUT2D eigenvalue weighted by atomic mass is 32.1. The molecule has 2 unspecified atom stereocenters. The molecule has 0 aromatic carbocycles. The highest BCUT2D eigenvalue weighted by Gasteiger charge is 2.29. The van der Waals surface area contributed by atoms with Gasteiger partial charge in [-0.25, -0.2) is 4.98 Å². The average molecular weight is 264 g/mol. The van der Waals surface area contributed by atoms with Crippen LogP contribution < -0.4 is 10.6 Å². The van der Waals surface area contributed by atoms with E-state index in [9.17, 15) is 0 Å². The number of thiophene rings is 1. The van der Waals surface area contributed by atoms with Crippen LogP contribution in [0.25, 0.3) is 10.2 Å². The van der Waals surface area contributed by atoms with Crippen molar-refractivity contribution in [2.45, 2.75) is 25.5 Å². The number of rotatable bonds is 2. The van der Waals surface area contributed by atoms with Crippen LogP contribution >= 0.6 is 11.3 Å². The van der Waals surface area contributed by atoms with Crippen LogP contribution in [0.3, 0.4) is 0 Å². The molecular weight excluding hydrogens is 248 g/mol. The number of nitrogens with two attached hydrogens (primary N) is 1. The van der Waals surface area contributed by atoms with Crippen LogP contribution in [0.2, 0.25) is 0 Å². The van der Waals surface area contributed by atoms with E-state index >= 15 is 0 Å². The average Bonchev–Trinajstić information content (AvgIpc) is 2.95. The van der Waals surface area contributed by atoms with Crippen molar-refractivity contribution in [3.8, 4) is 0 Å². The van der Waals surface area contributed by atoms with Crippen molar-refractivity contribution in [3.63, 3.8) is 0 Å². The minimum atomic E-state index is 0.222. The van der Waals surface area contributed by atoms with E-state index < -0.39 is 0 Å². The van der Waals surface area contributed by atoms with Gasteiger partial charge >= 0.3 is 0 Å². The van der Waals surface area contributed by atoms with Crippen LogP contribution in [-0.4, -0.2) is 35.8 Å². The van der Waals surface area contributed by atoms with Gasteiger partial charge in [-0.1, -0.05) is 0 Å². The molecule has 1 saturated heterocycles. The molecule has 2 aromatic heterocycles. The van der Waals surface area contributed by atoms with Gasteiger partial charge in [-0.15, -0.1) is 11.3 Å². The van der Waals surface area contributed by atoms with E-state index in [2.05, 4.69) is 28.8 Å². The highest BCUT2D eigenvalue weighted by Crippen LogP contribution is 2.31. The third-order valence-electron chi connectivity index (χ3n) is 3.49. The fraction of sp³-hybridized carbons (Fsp3) is 0.500.